The smallest absolute Gasteiger partial charge is 0.140 e. The van der Waals surface area contributed by atoms with Crippen molar-refractivity contribution >= 4 is 5.78 Å². The highest BCUT2D eigenvalue weighted by atomic mass is 16.5. The van der Waals surface area contributed by atoms with Crippen molar-refractivity contribution in [3.8, 4) is 0 Å². The van der Waals surface area contributed by atoms with Gasteiger partial charge in [-0.1, -0.05) is 27.7 Å². The van der Waals surface area contributed by atoms with Crippen LogP contribution >= 0.6 is 0 Å². The van der Waals surface area contributed by atoms with Crippen molar-refractivity contribution in [3.05, 3.63) is 0 Å². The lowest BCUT2D eigenvalue weighted by Gasteiger charge is -2.18. The predicted octanol–water partition coefficient (Wildman–Crippen LogP) is 2.42. The van der Waals surface area contributed by atoms with Crippen molar-refractivity contribution in [1.82, 2.24) is 0 Å². The van der Waals surface area contributed by atoms with Crippen LogP contribution in [0.4, 0.5) is 0 Å². The Kier molecular flexibility index (Phi) is 3.12. The van der Waals surface area contributed by atoms with E-state index in [2.05, 4.69) is 6.92 Å². The van der Waals surface area contributed by atoms with Gasteiger partial charge >= 0.3 is 0 Å². The Bertz CT molecular complexity index is 191. The lowest BCUT2D eigenvalue weighted by Crippen LogP contribution is -2.24. The molecular weight excluding hydrogens is 164 g/mol. The monoisotopic (exact) mass is 184 g/mol. The van der Waals surface area contributed by atoms with Gasteiger partial charge in [-0.25, -0.2) is 0 Å². The van der Waals surface area contributed by atoms with Crippen molar-refractivity contribution in [2.75, 3.05) is 6.61 Å². The summed E-state index contributed by atoms with van der Waals surface area (Å²) in [7, 11) is 0. The van der Waals surface area contributed by atoms with Crippen molar-refractivity contribution in [1.29, 1.82) is 0 Å². The molecule has 76 valence electrons. The van der Waals surface area contributed by atoms with E-state index in [-0.39, 0.29) is 11.5 Å². The lowest BCUT2D eigenvalue weighted by molar-refractivity contribution is -0.128. The summed E-state index contributed by atoms with van der Waals surface area (Å²) in [6.45, 7) is 8.89. The molecule has 0 saturated carbocycles. The number of ether oxygens (including phenoxy) is 1. The molecule has 0 aliphatic carbocycles. The number of carbonyl (C=O) groups excluding carboxylic acids is 1. The maximum Gasteiger partial charge on any atom is 0.140 e. The third-order valence-electron chi connectivity index (χ3n) is 2.53. The Morgan fingerprint density at radius 2 is 2.08 bits per heavy atom. The zero-order chi connectivity index (χ0) is 10.1. The molecule has 0 spiro atoms. The van der Waals surface area contributed by atoms with E-state index in [0.29, 0.717) is 18.1 Å². The maximum atomic E-state index is 11.6. The van der Waals surface area contributed by atoms with Crippen LogP contribution in [0.2, 0.25) is 0 Å². The number of hydrogen-bond acceptors (Lipinski definition) is 2. The molecular formula is C11H20O2. The molecule has 2 unspecified atom stereocenters. The van der Waals surface area contributed by atoms with Crippen LogP contribution in [0.3, 0.4) is 0 Å². The molecule has 2 atom stereocenters. The minimum atomic E-state index is -0.213. The summed E-state index contributed by atoms with van der Waals surface area (Å²) in [5.41, 5.74) is -0.213. The Morgan fingerprint density at radius 1 is 1.46 bits per heavy atom. The predicted molar refractivity (Wildman–Crippen MR) is 52.6 cm³/mol. The van der Waals surface area contributed by atoms with Crippen molar-refractivity contribution in [2.45, 2.75) is 46.6 Å². The number of ketones is 1. The quantitative estimate of drug-likeness (QED) is 0.658. The average molecular weight is 184 g/mol. The van der Waals surface area contributed by atoms with E-state index in [1.807, 2.05) is 20.8 Å². The van der Waals surface area contributed by atoms with E-state index < -0.39 is 0 Å². The summed E-state index contributed by atoms with van der Waals surface area (Å²) >= 11 is 0. The zero-order valence-electron chi connectivity index (χ0n) is 9.09. The zero-order valence-corrected chi connectivity index (χ0v) is 9.09. The normalized spacial score (nSPS) is 29.2. The highest BCUT2D eigenvalue weighted by Crippen LogP contribution is 2.25. The van der Waals surface area contributed by atoms with Gasteiger partial charge in [-0.15, -0.1) is 0 Å². The summed E-state index contributed by atoms with van der Waals surface area (Å²) in [5.74, 6) is 0.935. The van der Waals surface area contributed by atoms with Crippen LogP contribution in [0.15, 0.2) is 0 Å². The Balaban J connectivity index is 2.37. The van der Waals surface area contributed by atoms with Crippen LogP contribution in [-0.2, 0) is 9.53 Å². The highest BCUT2D eigenvalue weighted by molar-refractivity contribution is 5.84. The van der Waals surface area contributed by atoms with Gasteiger partial charge in [-0.05, 0) is 12.3 Å². The minimum absolute atomic E-state index is 0.182. The van der Waals surface area contributed by atoms with Gasteiger partial charge in [0.1, 0.15) is 5.78 Å². The molecule has 0 radical (unpaired) electrons. The molecule has 1 saturated heterocycles. The van der Waals surface area contributed by atoms with Crippen molar-refractivity contribution in [2.24, 2.45) is 11.3 Å². The lowest BCUT2D eigenvalue weighted by atomic mass is 9.87. The first-order valence-electron chi connectivity index (χ1n) is 5.04. The van der Waals surface area contributed by atoms with Gasteiger partial charge in [0.25, 0.3) is 0 Å². The van der Waals surface area contributed by atoms with E-state index in [0.717, 1.165) is 13.0 Å². The van der Waals surface area contributed by atoms with Crippen LogP contribution in [0.25, 0.3) is 0 Å². The highest BCUT2D eigenvalue weighted by Gasteiger charge is 2.29. The number of rotatable bonds is 2. The van der Waals surface area contributed by atoms with Crippen LogP contribution < -0.4 is 0 Å². The first-order valence-corrected chi connectivity index (χ1v) is 5.04. The standard InChI is InChI=1S/C11H20O2/c1-8-5-9(13-7-8)6-10(12)11(2,3)4/h8-9H,5-7H2,1-4H3. The molecule has 0 aromatic carbocycles. The molecule has 13 heavy (non-hydrogen) atoms. The average Bonchev–Trinajstić information content (AvgIpc) is 2.33. The fourth-order valence-electron chi connectivity index (χ4n) is 1.54. The molecule has 0 amide bonds. The summed E-state index contributed by atoms with van der Waals surface area (Å²) < 4.78 is 5.51. The number of carbonyl (C=O) groups is 1. The summed E-state index contributed by atoms with van der Waals surface area (Å²) in [6.07, 6.45) is 1.82. The summed E-state index contributed by atoms with van der Waals surface area (Å²) in [5, 5.41) is 0. The second-order valence-electron chi connectivity index (χ2n) is 5.17. The van der Waals surface area contributed by atoms with Gasteiger partial charge in [-0.3, -0.25) is 4.79 Å². The van der Waals surface area contributed by atoms with Gasteiger partial charge in [0.15, 0.2) is 0 Å². The molecule has 0 aromatic rings. The first kappa shape index (κ1) is 10.7. The molecule has 2 nitrogen and oxygen atoms in total. The molecule has 1 heterocycles. The van der Waals surface area contributed by atoms with E-state index in [1.165, 1.54) is 0 Å². The van der Waals surface area contributed by atoms with Gasteiger partial charge in [-0.2, -0.15) is 0 Å². The SMILES string of the molecule is CC1COC(CC(=O)C(C)(C)C)C1. The Morgan fingerprint density at radius 3 is 2.46 bits per heavy atom. The number of Topliss-reactive ketones (excluding diaryl/α,β-unsaturated/α-hetero) is 1. The van der Waals surface area contributed by atoms with Gasteiger partial charge in [0.05, 0.1) is 6.10 Å². The topological polar surface area (TPSA) is 26.3 Å². The molecule has 1 aliphatic heterocycles. The molecule has 1 fully saturated rings. The maximum absolute atomic E-state index is 11.6. The molecule has 0 bridgehead atoms. The third-order valence-corrected chi connectivity index (χ3v) is 2.53. The first-order chi connectivity index (χ1) is 5.89. The van der Waals surface area contributed by atoms with Gasteiger partial charge in [0, 0.05) is 18.4 Å². The summed E-state index contributed by atoms with van der Waals surface area (Å²) in [6, 6.07) is 0. The van der Waals surface area contributed by atoms with E-state index >= 15 is 0 Å². The molecule has 1 aliphatic rings. The van der Waals surface area contributed by atoms with Crippen LogP contribution in [0, 0.1) is 11.3 Å². The fourth-order valence-corrected chi connectivity index (χ4v) is 1.54. The minimum Gasteiger partial charge on any atom is -0.377 e. The van der Waals surface area contributed by atoms with E-state index in [4.69, 9.17) is 4.74 Å². The second kappa shape index (κ2) is 3.79. The van der Waals surface area contributed by atoms with Gasteiger partial charge < -0.3 is 4.74 Å². The largest absolute Gasteiger partial charge is 0.377 e. The van der Waals surface area contributed by atoms with E-state index in [9.17, 15) is 4.79 Å². The summed E-state index contributed by atoms with van der Waals surface area (Å²) in [4.78, 5) is 11.6. The second-order valence-corrected chi connectivity index (χ2v) is 5.17. The van der Waals surface area contributed by atoms with Gasteiger partial charge in [0.2, 0.25) is 0 Å². The van der Waals surface area contributed by atoms with Crippen LogP contribution in [0.1, 0.15) is 40.5 Å². The van der Waals surface area contributed by atoms with E-state index in [1.54, 1.807) is 0 Å². The third kappa shape index (κ3) is 3.11. The molecule has 1 rings (SSSR count). The molecule has 0 aromatic heterocycles. The molecule has 2 heteroatoms. The van der Waals surface area contributed by atoms with Crippen molar-refractivity contribution < 1.29 is 9.53 Å². The fraction of sp³-hybridized carbons (Fsp3) is 0.909. The van der Waals surface area contributed by atoms with Crippen molar-refractivity contribution in [3.63, 3.8) is 0 Å². The molecule has 0 N–H and O–H groups in total. The Hall–Kier alpha value is -0.370. The number of hydrogen-bond donors (Lipinski definition) is 0. The van der Waals surface area contributed by atoms with Crippen LogP contribution in [0.5, 0.6) is 0 Å². The van der Waals surface area contributed by atoms with Crippen LogP contribution in [-0.4, -0.2) is 18.5 Å². The Labute approximate surface area is 80.7 Å².